The van der Waals surface area contributed by atoms with E-state index in [4.69, 9.17) is 4.74 Å². The van der Waals surface area contributed by atoms with Crippen LogP contribution in [0, 0.1) is 0 Å². The number of para-hydroxylation sites is 1. The number of benzene rings is 1. The van der Waals surface area contributed by atoms with Crippen molar-refractivity contribution in [2.24, 2.45) is 0 Å². The van der Waals surface area contributed by atoms with Gasteiger partial charge in [-0.15, -0.1) is 0 Å². The second-order valence-electron chi connectivity index (χ2n) is 6.24. The zero-order chi connectivity index (χ0) is 12.7. The third-order valence-corrected chi connectivity index (χ3v) is 4.78. The van der Waals surface area contributed by atoms with Crippen LogP contribution in [0.2, 0.25) is 0 Å². The lowest BCUT2D eigenvalue weighted by Gasteiger charge is -2.26. The maximum absolute atomic E-state index is 6.07. The quantitative estimate of drug-likeness (QED) is 0.875. The molecule has 0 spiro atoms. The zero-order valence-corrected chi connectivity index (χ0v) is 11.3. The molecule has 3 atom stereocenters. The summed E-state index contributed by atoms with van der Waals surface area (Å²) in [7, 11) is 0. The highest BCUT2D eigenvalue weighted by molar-refractivity contribution is 5.37. The summed E-state index contributed by atoms with van der Waals surface area (Å²) in [5.74, 6) is 1.10. The molecule has 0 aromatic heterocycles. The van der Waals surface area contributed by atoms with Crippen molar-refractivity contribution in [1.29, 1.82) is 0 Å². The van der Waals surface area contributed by atoms with Crippen molar-refractivity contribution in [2.75, 3.05) is 19.6 Å². The van der Waals surface area contributed by atoms with Crippen LogP contribution in [0.5, 0.6) is 5.75 Å². The lowest BCUT2D eigenvalue weighted by molar-refractivity contribution is 0.146. The molecule has 0 radical (unpaired) electrons. The Morgan fingerprint density at radius 2 is 2.05 bits per heavy atom. The maximum Gasteiger partial charge on any atom is 0.123 e. The molecule has 0 amide bonds. The predicted molar refractivity (Wildman–Crippen MR) is 75.6 cm³/mol. The monoisotopic (exact) mass is 258 g/mol. The van der Waals surface area contributed by atoms with Crippen molar-refractivity contribution in [2.45, 2.75) is 43.9 Å². The summed E-state index contributed by atoms with van der Waals surface area (Å²) < 4.78 is 6.07. The Labute approximate surface area is 114 Å². The molecule has 2 bridgehead atoms. The van der Waals surface area contributed by atoms with Crippen LogP contribution in [-0.4, -0.2) is 42.7 Å². The van der Waals surface area contributed by atoms with E-state index in [1.54, 1.807) is 0 Å². The smallest absolute Gasteiger partial charge is 0.123 e. The summed E-state index contributed by atoms with van der Waals surface area (Å²) in [6.45, 7) is 3.51. The van der Waals surface area contributed by atoms with E-state index in [9.17, 15) is 0 Å². The van der Waals surface area contributed by atoms with Crippen molar-refractivity contribution >= 4 is 0 Å². The van der Waals surface area contributed by atoms with Gasteiger partial charge in [-0.3, -0.25) is 4.90 Å². The van der Waals surface area contributed by atoms with Crippen molar-refractivity contribution in [1.82, 2.24) is 10.2 Å². The number of fused-ring (bicyclic) bond motifs is 3. The molecule has 3 heterocycles. The molecule has 102 valence electrons. The second kappa shape index (κ2) is 4.80. The van der Waals surface area contributed by atoms with E-state index in [1.165, 1.54) is 37.9 Å². The minimum Gasteiger partial charge on any atom is -0.488 e. The summed E-state index contributed by atoms with van der Waals surface area (Å²) >= 11 is 0. The molecular formula is C16H22N2O. The molecule has 0 aliphatic carbocycles. The Bertz CT molecular complexity index is 437. The average molecular weight is 258 g/mol. The Kier molecular flexibility index (Phi) is 2.97. The molecular weight excluding hydrogens is 236 g/mol. The van der Waals surface area contributed by atoms with Crippen molar-refractivity contribution < 1.29 is 4.74 Å². The van der Waals surface area contributed by atoms with E-state index < -0.39 is 0 Å². The van der Waals surface area contributed by atoms with E-state index in [1.807, 2.05) is 0 Å². The normalized spacial score (nSPS) is 33.8. The maximum atomic E-state index is 6.07. The second-order valence-corrected chi connectivity index (χ2v) is 6.24. The number of likely N-dealkylation sites (tertiary alicyclic amines) is 1. The summed E-state index contributed by atoms with van der Waals surface area (Å²) in [5, 5.41) is 3.74. The zero-order valence-electron chi connectivity index (χ0n) is 11.3. The lowest BCUT2D eigenvalue weighted by atomic mass is 10.1. The molecule has 4 rings (SSSR count). The first-order valence-electron chi connectivity index (χ1n) is 7.60. The predicted octanol–water partition coefficient (Wildman–Crippen LogP) is 1.82. The minimum absolute atomic E-state index is 0.356. The van der Waals surface area contributed by atoms with Crippen molar-refractivity contribution in [3.05, 3.63) is 29.8 Å². The van der Waals surface area contributed by atoms with Gasteiger partial charge in [0.2, 0.25) is 0 Å². The van der Waals surface area contributed by atoms with Crippen LogP contribution in [0.15, 0.2) is 24.3 Å². The largest absolute Gasteiger partial charge is 0.488 e. The van der Waals surface area contributed by atoms with Gasteiger partial charge in [-0.05, 0) is 37.4 Å². The molecule has 2 fully saturated rings. The van der Waals surface area contributed by atoms with Gasteiger partial charge < -0.3 is 10.1 Å². The van der Waals surface area contributed by atoms with E-state index in [-0.39, 0.29) is 0 Å². The summed E-state index contributed by atoms with van der Waals surface area (Å²) in [5.41, 5.74) is 1.38. The van der Waals surface area contributed by atoms with Crippen molar-refractivity contribution in [3.63, 3.8) is 0 Å². The molecule has 1 N–H and O–H groups in total. The fourth-order valence-electron chi connectivity index (χ4n) is 3.82. The average Bonchev–Trinajstić information content (AvgIpc) is 2.95. The van der Waals surface area contributed by atoms with Crippen LogP contribution in [0.1, 0.15) is 24.8 Å². The summed E-state index contributed by atoms with van der Waals surface area (Å²) in [6, 6.07) is 9.96. The van der Waals surface area contributed by atoms with Crippen LogP contribution in [-0.2, 0) is 6.42 Å². The van der Waals surface area contributed by atoms with Crippen molar-refractivity contribution in [3.8, 4) is 5.75 Å². The number of ether oxygens (including phenoxy) is 1. The van der Waals surface area contributed by atoms with E-state index in [2.05, 4.69) is 34.5 Å². The van der Waals surface area contributed by atoms with Gasteiger partial charge in [0, 0.05) is 31.6 Å². The topological polar surface area (TPSA) is 24.5 Å². The number of nitrogens with zero attached hydrogens (tertiary/aromatic N) is 1. The lowest BCUT2D eigenvalue weighted by Crippen LogP contribution is -2.40. The Morgan fingerprint density at radius 3 is 3.00 bits per heavy atom. The van der Waals surface area contributed by atoms with Gasteiger partial charge in [0.1, 0.15) is 11.9 Å². The highest BCUT2D eigenvalue weighted by atomic mass is 16.5. The molecule has 0 saturated carbocycles. The van der Waals surface area contributed by atoms with Gasteiger partial charge in [-0.25, -0.2) is 0 Å². The van der Waals surface area contributed by atoms with Crippen LogP contribution in [0.4, 0.5) is 0 Å². The van der Waals surface area contributed by atoms with Crippen LogP contribution in [0.25, 0.3) is 0 Å². The first-order valence-corrected chi connectivity index (χ1v) is 7.60. The van der Waals surface area contributed by atoms with E-state index in [0.29, 0.717) is 6.10 Å². The molecule has 3 nitrogen and oxygen atoms in total. The molecule has 1 aromatic rings. The number of nitrogens with one attached hydrogen (secondary N) is 1. The number of rotatable bonds is 2. The first kappa shape index (κ1) is 11.7. The number of hydrogen-bond donors (Lipinski definition) is 1. The van der Waals surface area contributed by atoms with Crippen LogP contribution in [0.3, 0.4) is 0 Å². The highest BCUT2D eigenvalue weighted by Crippen LogP contribution is 2.29. The molecule has 3 unspecified atom stereocenters. The minimum atomic E-state index is 0.356. The van der Waals surface area contributed by atoms with Gasteiger partial charge in [0.25, 0.3) is 0 Å². The fourth-order valence-corrected chi connectivity index (χ4v) is 3.82. The van der Waals surface area contributed by atoms with Crippen LogP contribution >= 0.6 is 0 Å². The summed E-state index contributed by atoms with van der Waals surface area (Å²) in [6.07, 6.45) is 5.47. The van der Waals surface area contributed by atoms with Crippen LogP contribution < -0.4 is 10.1 Å². The molecule has 1 aromatic carbocycles. The highest BCUT2D eigenvalue weighted by Gasteiger charge is 2.31. The molecule has 2 saturated heterocycles. The SMILES string of the molecule is c1ccc2c(c1)CC(CN1CCC3CCC(C1)N3)O2. The van der Waals surface area contributed by atoms with Gasteiger partial charge >= 0.3 is 0 Å². The standard InChI is InChI=1S/C16H22N2O/c1-2-4-16-12(3-1)9-15(19-16)11-18-8-7-13-5-6-14(10-18)17-13/h1-4,13-15,17H,5-11H2. The van der Waals surface area contributed by atoms with Gasteiger partial charge in [0.05, 0.1) is 0 Å². The Hall–Kier alpha value is -1.06. The summed E-state index contributed by atoms with van der Waals surface area (Å²) in [4.78, 5) is 2.60. The Morgan fingerprint density at radius 1 is 1.16 bits per heavy atom. The third-order valence-electron chi connectivity index (χ3n) is 4.78. The third kappa shape index (κ3) is 2.37. The Balaban J connectivity index is 1.38. The first-order chi connectivity index (χ1) is 9.37. The van der Waals surface area contributed by atoms with Gasteiger partial charge in [0.15, 0.2) is 0 Å². The molecule has 3 heteroatoms. The number of hydrogen-bond acceptors (Lipinski definition) is 3. The van der Waals surface area contributed by atoms with E-state index >= 15 is 0 Å². The fraction of sp³-hybridized carbons (Fsp3) is 0.625. The molecule has 19 heavy (non-hydrogen) atoms. The van der Waals surface area contributed by atoms with Gasteiger partial charge in [-0.1, -0.05) is 18.2 Å². The van der Waals surface area contributed by atoms with E-state index in [0.717, 1.165) is 30.8 Å². The molecule has 3 aliphatic rings. The molecule has 3 aliphatic heterocycles. The van der Waals surface area contributed by atoms with Gasteiger partial charge in [-0.2, -0.15) is 0 Å².